The van der Waals surface area contributed by atoms with E-state index in [2.05, 4.69) is 5.32 Å². The predicted octanol–water partition coefficient (Wildman–Crippen LogP) is 2.79. The van der Waals surface area contributed by atoms with Gasteiger partial charge >= 0.3 is 0 Å². The van der Waals surface area contributed by atoms with E-state index in [1.54, 1.807) is 6.07 Å². The molecule has 0 amide bonds. The molecule has 0 bridgehead atoms. The lowest BCUT2D eigenvalue weighted by atomic mass is 9.97. The van der Waals surface area contributed by atoms with Gasteiger partial charge in [-0.2, -0.15) is 0 Å². The molecule has 1 saturated heterocycles. The Balaban J connectivity index is 2.33. The SMILES string of the molecule is COc1cc(F)c(F)c(C2CCCCN2)c1. The molecule has 0 saturated carbocycles. The maximum atomic E-state index is 13.6. The van der Waals surface area contributed by atoms with Crippen molar-refractivity contribution >= 4 is 0 Å². The van der Waals surface area contributed by atoms with Gasteiger partial charge in [-0.3, -0.25) is 0 Å². The van der Waals surface area contributed by atoms with Gasteiger partial charge in [-0.25, -0.2) is 8.78 Å². The van der Waals surface area contributed by atoms with Crippen LogP contribution in [-0.2, 0) is 0 Å². The van der Waals surface area contributed by atoms with Gasteiger partial charge in [0.25, 0.3) is 0 Å². The van der Waals surface area contributed by atoms with Gasteiger partial charge in [0.05, 0.1) is 7.11 Å². The van der Waals surface area contributed by atoms with Gasteiger partial charge in [0.1, 0.15) is 5.75 Å². The van der Waals surface area contributed by atoms with Crippen molar-refractivity contribution in [1.29, 1.82) is 0 Å². The highest BCUT2D eigenvalue weighted by molar-refractivity contribution is 5.33. The van der Waals surface area contributed by atoms with Crippen LogP contribution in [0.1, 0.15) is 30.9 Å². The van der Waals surface area contributed by atoms with Crippen LogP contribution in [0.5, 0.6) is 5.75 Å². The minimum atomic E-state index is -0.846. The summed E-state index contributed by atoms with van der Waals surface area (Å²) in [4.78, 5) is 0. The number of hydrogen-bond donors (Lipinski definition) is 1. The maximum Gasteiger partial charge on any atom is 0.163 e. The highest BCUT2D eigenvalue weighted by Gasteiger charge is 2.21. The highest BCUT2D eigenvalue weighted by atomic mass is 19.2. The summed E-state index contributed by atoms with van der Waals surface area (Å²) in [5, 5.41) is 3.19. The monoisotopic (exact) mass is 227 g/mol. The first-order chi connectivity index (χ1) is 7.72. The first-order valence-corrected chi connectivity index (χ1v) is 5.48. The molecule has 0 aromatic heterocycles. The second kappa shape index (κ2) is 4.78. The first kappa shape index (κ1) is 11.3. The zero-order valence-electron chi connectivity index (χ0n) is 9.22. The number of nitrogens with one attached hydrogen (secondary N) is 1. The van der Waals surface area contributed by atoms with Gasteiger partial charge in [0, 0.05) is 17.7 Å². The molecule has 1 aliphatic heterocycles. The number of piperidine rings is 1. The Bertz CT molecular complexity index is 376. The summed E-state index contributed by atoms with van der Waals surface area (Å²) < 4.78 is 31.9. The molecular weight excluding hydrogens is 212 g/mol. The fourth-order valence-corrected chi connectivity index (χ4v) is 2.07. The van der Waals surface area contributed by atoms with E-state index in [0.29, 0.717) is 11.3 Å². The van der Waals surface area contributed by atoms with E-state index in [1.807, 2.05) is 0 Å². The van der Waals surface area contributed by atoms with Crippen molar-refractivity contribution < 1.29 is 13.5 Å². The normalized spacial score (nSPS) is 20.8. The van der Waals surface area contributed by atoms with E-state index in [1.165, 1.54) is 7.11 Å². The van der Waals surface area contributed by atoms with E-state index < -0.39 is 11.6 Å². The van der Waals surface area contributed by atoms with Crippen molar-refractivity contribution in [3.05, 3.63) is 29.3 Å². The van der Waals surface area contributed by atoms with Gasteiger partial charge in [0.2, 0.25) is 0 Å². The van der Waals surface area contributed by atoms with Crippen LogP contribution in [0.2, 0.25) is 0 Å². The Morgan fingerprint density at radius 3 is 2.75 bits per heavy atom. The molecule has 1 aromatic carbocycles. The van der Waals surface area contributed by atoms with Crippen LogP contribution in [-0.4, -0.2) is 13.7 Å². The number of methoxy groups -OCH3 is 1. The molecule has 0 spiro atoms. The summed E-state index contributed by atoms with van der Waals surface area (Å²) in [5.41, 5.74) is 0.372. The van der Waals surface area contributed by atoms with Crippen molar-refractivity contribution in [3.63, 3.8) is 0 Å². The summed E-state index contributed by atoms with van der Waals surface area (Å²) in [7, 11) is 1.45. The topological polar surface area (TPSA) is 21.3 Å². The van der Waals surface area contributed by atoms with Crippen LogP contribution in [0.4, 0.5) is 8.78 Å². The average molecular weight is 227 g/mol. The molecule has 1 aromatic rings. The van der Waals surface area contributed by atoms with Gasteiger partial charge < -0.3 is 10.1 Å². The van der Waals surface area contributed by atoms with E-state index in [4.69, 9.17) is 4.74 Å². The fourth-order valence-electron chi connectivity index (χ4n) is 2.07. The fraction of sp³-hybridized carbons (Fsp3) is 0.500. The Labute approximate surface area is 93.6 Å². The largest absolute Gasteiger partial charge is 0.497 e. The smallest absolute Gasteiger partial charge is 0.163 e. The lowest BCUT2D eigenvalue weighted by Crippen LogP contribution is -2.27. The summed E-state index contributed by atoms with van der Waals surface area (Å²) in [6, 6.07) is 2.54. The summed E-state index contributed by atoms with van der Waals surface area (Å²) >= 11 is 0. The number of ether oxygens (including phenoxy) is 1. The Morgan fingerprint density at radius 2 is 2.12 bits per heavy atom. The molecule has 1 atom stereocenters. The minimum Gasteiger partial charge on any atom is -0.497 e. The second-order valence-corrected chi connectivity index (χ2v) is 4.01. The molecule has 1 unspecified atom stereocenters. The molecule has 4 heteroatoms. The first-order valence-electron chi connectivity index (χ1n) is 5.48. The van der Waals surface area contributed by atoms with Gasteiger partial charge in [-0.05, 0) is 25.5 Å². The Kier molecular flexibility index (Phi) is 3.39. The number of hydrogen-bond acceptors (Lipinski definition) is 2. The van der Waals surface area contributed by atoms with Gasteiger partial charge in [-0.15, -0.1) is 0 Å². The highest BCUT2D eigenvalue weighted by Crippen LogP contribution is 2.29. The summed E-state index contributed by atoms with van der Waals surface area (Å²) in [5.74, 6) is -1.25. The Morgan fingerprint density at radius 1 is 1.31 bits per heavy atom. The molecule has 1 heterocycles. The van der Waals surface area contributed by atoms with E-state index in [0.717, 1.165) is 31.9 Å². The van der Waals surface area contributed by atoms with Crippen molar-refractivity contribution in [1.82, 2.24) is 5.32 Å². The molecule has 1 fully saturated rings. The molecule has 1 N–H and O–H groups in total. The predicted molar refractivity (Wildman–Crippen MR) is 57.5 cm³/mol. The number of benzene rings is 1. The van der Waals surface area contributed by atoms with E-state index >= 15 is 0 Å². The molecule has 0 radical (unpaired) electrons. The molecule has 2 nitrogen and oxygen atoms in total. The Hall–Kier alpha value is -1.16. The summed E-state index contributed by atoms with van der Waals surface area (Å²) in [6.45, 7) is 0.850. The zero-order valence-corrected chi connectivity index (χ0v) is 9.22. The molecule has 88 valence electrons. The quantitative estimate of drug-likeness (QED) is 0.838. The third kappa shape index (κ3) is 2.16. The number of rotatable bonds is 2. The maximum absolute atomic E-state index is 13.6. The summed E-state index contributed by atoms with van der Waals surface area (Å²) in [6.07, 6.45) is 2.96. The third-order valence-corrected chi connectivity index (χ3v) is 2.95. The van der Waals surface area contributed by atoms with Crippen LogP contribution >= 0.6 is 0 Å². The van der Waals surface area contributed by atoms with E-state index in [-0.39, 0.29) is 6.04 Å². The zero-order chi connectivity index (χ0) is 11.5. The average Bonchev–Trinajstić information content (AvgIpc) is 2.33. The lowest BCUT2D eigenvalue weighted by molar-refractivity contribution is 0.377. The number of halogens is 2. The van der Waals surface area contributed by atoms with Crippen LogP contribution in [0.3, 0.4) is 0 Å². The van der Waals surface area contributed by atoms with Crippen molar-refractivity contribution in [3.8, 4) is 5.75 Å². The van der Waals surface area contributed by atoms with Crippen LogP contribution in [0.15, 0.2) is 12.1 Å². The van der Waals surface area contributed by atoms with E-state index in [9.17, 15) is 8.78 Å². The molecular formula is C12H15F2NO. The molecule has 16 heavy (non-hydrogen) atoms. The van der Waals surface area contributed by atoms with Gasteiger partial charge in [-0.1, -0.05) is 6.42 Å². The van der Waals surface area contributed by atoms with Gasteiger partial charge in [0.15, 0.2) is 11.6 Å². The van der Waals surface area contributed by atoms with Crippen LogP contribution in [0, 0.1) is 11.6 Å². The lowest BCUT2D eigenvalue weighted by Gasteiger charge is -2.24. The van der Waals surface area contributed by atoms with Crippen LogP contribution in [0.25, 0.3) is 0 Å². The standard InChI is InChI=1S/C12H15F2NO/c1-16-8-6-9(12(14)10(13)7-8)11-4-2-3-5-15-11/h6-7,11,15H,2-5H2,1H3. The van der Waals surface area contributed by atoms with Crippen LogP contribution < -0.4 is 10.1 Å². The molecule has 0 aliphatic carbocycles. The third-order valence-electron chi connectivity index (χ3n) is 2.95. The van der Waals surface area contributed by atoms with Crippen molar-refractivity contribution in [2.24, 2.45) is 0 Å². The molecule has 2 rings (SSSR count). The molecule has 1 aliphatic rings. The van der Waals surface area contributed by atoms with Crippen molar-refractivity contribution in [2.45, 2.75) is 25.3 Å². The minimum absolute atomic E-state index is 0.0988. The second-order valence-electron chi connectivity index (χ2n) is 4.01. The van der Waals surface area contributed by atoms with Crippen molar-refractivity contribution in [2.75, 3.05) is 13.7 Å².